The van der Waals surface area contributed by atoms with Crippen LogP contribution < -0.4 is 5.32 Å². The van der Waals surface area contributed by atoms with Crippen molar-refractivity contribution < 1.29 is 14.3 Å². The number of aromatic carboxylic acids is 1. The monoisotopic (exact) mass is 197 g/mol. The molecule has 1 rings (SSSR count). The lowest BCUT2D eigenvalue weighted by Crippen LogP contribution is -2.18. The molecule has 4 heteroatoms. The summed E-state index contributed by atoms with van der Waals surface area (Å²) in [5.41, 5.74) is 0.200. The lowest BCUT2D eigenvalue weighted by atomic mass is 10.2. The van der Waals surface area contributed by atoms with Crippen LogP contribution in [0.25, 0.3) is 0 Å². The molecule has 0 atom stereocenters. The van der Waals surface area contributed by atoms with E-state index in [1.54, 1.807) is 0 Å². The van der Waals surface area contributed by atoms with Crippen LogP contribution in [-0.4, -0.2) is 17.6 Å². The van der Waals surface area contributed by atoms with Crippen molar-refractivity contribution in [3.05, 3.63) is 23.7 Å². The van der Waals surface area contributed by atoms with E-state index in [-0.39, 0.29) is 5.56 Å². The van der Waals surface area contributed by atoms with Crippen molar-refractivity contribution in [2.75, 3.05) is 6.54 Å². The number of carboxylic acid groups (broad SMARTS) is 1. The average molecular weight is 197 g/mol. The van der Waals surface area contributed by atoms with E-state index in [2.05, 4.69) is 19.2 Å². The molecule has 1 heterocycles. The quantitative estimate of drug-likeness (QED) is 0.754. The van der Waals surface area contributed by atoms with Gasteiger partial charge in [-0.25, -0.2) is 4.79 Å². The maximum atomic E-state index is 10.5. The zero-order valence-corrected chi connectivity index (χ0v) is 8.41. The fourth-order valence-corrected chi connectivity index (χ4v) is 1.07. The van der Waals surface area contributed by atoms with Crippen LogP contribution in [0.3, 0.4) is 0 Å². The summed E-state index contributed by atoms with van der Waals surface area (Å²) in [6.45, 7) is 5.68. The minimum Gasteiger partial charge on any atom is -0.478 e. The molecule has 0 aliphatic rings. The van der Waals surface area contributed by atoms with Gasteiger partial charge >= 0.3 is 5.97 Å². The highest BCUT2D eigenvalue weighted by Crippen LogP contribution is 2.07. The standard InChI is InChI=1S/C10H15NO3/c1-7(2)4-11-5-9-3-8(6-14-9)10(12)13/h3,6-7,11H,4-5H2,1-2H3,(H,12,13). The van der Waals surface area contributed by atoms with Crippen molar-refractivity contribution in [1.82, 2.24) is 5.32 Å². The number of rotatable bonds is 5. The highest BCUT2D eigenvalue weighted by molar-refractivity contribution is 5.87. The van der Waals surface area contributed by atoms with E-state index in [1.807, 2.05) is 0 Å². The summed E-state index contributed by atoms with van der Waals surface area (Å²) < 4.78 is 5.06. The van der Waals surface area contributed by atoms with Gasteiger partial charge in [0.15, 0.2) is 0 Å². The highest BCUT2D eigenvalue weighted by Gasteiger charge is 2.07. The van der Waals surface area contributed by atoms with Crippen molar-refractivity contribution in [3.8, 4) is 0 Å². The molecule has 0 aliphatic carbocycles. The Kier molecular flexibility index (Phi) is 3.71. The van der Waals surface area contributed by atoms with Gasteiger partial charge in [0.1, 0.15) is 12.0 Å². The van der Waals surface area contributed by atoms with E-state index in [0.29, 0.717) is 18.2 Å². The molecule has 0 saturated carbocycles. The minimum absolute atomic E-state index is 0.200. The molecular formula is C10H15NO3. The van der Waals surface area contributed by atoms with Gasteiger partial charge in [-0.1, -0.05) is 13.8 Å². The first kappa shape index (κ1) is 10.8. The summed E-state index contributed by atoms with van der Waals surface area (Å²) in [6.07, 6.45) is 1.26. The van der Waals surface area contributed by atoms with Crippen molar-refractivity contribution in [3.63, 3.8) is 0 Å². The third kappa shape index (κ3) is 3.22. The van der Waals surface area contributed by atoms with Crippen LogP contribution >= 0.6 is 0 Å². The van der Waals surface area contributed by atoms with E-state index in [0.717, 1.165) is 6.54 Å². The predicted octanol–water partition coefficient (Wildman–Crippen LogP) is 1.72. The molecule has 0 aliphatic heterocycles. The van der Waals surface area contributed by atoms with Crippen LogP contribution in [0.15, 0.2) is 16.7 Å². The SMILES string of the molecule is CC(C)CNCc1cc(C(=O)O)co1. The Morgan fingerprint density at radius 1 is 1.64 bits per heavy atom. The van der Waals surface area contributed by atoms with E-state index in [9.17, 15) is 4.79 Å². The molecule has 2 N–H and O–H groups in total. The molecule has 0 saturated heterocycles. The van der Waals surface area contributed by atoms with E-state index in [1.165, 1.54) is 12.3 Å². The Morgan fingerprint density at radius 2 is 2.36 bits per heavy atom. The summed E-state index contributed by atoms with van der Waals surface area (Å²) in [5, 5.41) is 11.8. The fourth-order valence-electron chi connectivity index (χ4n) is 1.07. The summed E-state index contributed by atoms with van der Waals surface area (Å²) in [6, 6.07) is 1.54. The maximum Gasteiger partial charge on any atom is 0.338 e. The Labute approximate surface area is 82.9 Å². The fraction of sp³-hybridized carbons (Fsp3) is 0.500. The Bertz CT molecular complexity index is 304. The van der Waals surface area contributed by atoms with E-state index in [4.69, 9.17) is 9.52 Å². The smallest absolute Gasteiger partial charge is 0.338 e. The van der Waals surface area contributed by atoms with Gasteiger partial charge < -0.3 is 14.8 Å². The molecule has 0 amide bonds. The normalized spacial score (nSPS) is 10.8. The molecule has 1 aromatic heterocycles. The van der Waals surface area contributed by atoms with Gasteiger partial charge in [-0.2, -0.15) is 0 Å². The van der Waals surface area contributed by atoms with E-state index < -0.39 is 5.97 Å². The number of furan rings is 1. The number of hydrogen-bond donors (Lipinski definition) is 2. The Balaban J connectivity index is 2.40. The zero-order chi connectivity index (χ0) is 10.6. The van der Waals surface area contributed by atoms with Gasteiger partial charge in [-0.05, 0) is 18.5 Å². The molecule has 0 unspecified atom stereocenters. The molecule has 0 aromatic carbocycles. The van der Waals surface area contributed by atoms with Gasteiger partial charge in [0.25, 0.3) is 0 Å². The van der Waals surface area contributed by atoms with Crippen LogP contribution in [0.4, 0.5) is 0 Å². The van der Waals surface area contributed by atoms with Gasteiger partial charge in [0.05, 0.1) is 12.1 Å². The van der Waals surface area contributed by atoms with Crippen LogP contribution in [0.1, 0.15) is 30.0 Å². The second-order valence-corrected chi connectivity index (χ2v) is 3.63. The third-order valence-corrected chi connectivity index (χ3v) is 1.75. The van der Waals surface area contributed by atoms with Crippen molar-refractivity contribution >= 4 is 5.97 Å². The van der Waals surface area contributed by atoms with Crippen LogP contribution in [0.5, 0.6) is 0 Å². The van der Waals surface area contributed by atoms with Gasteiger partial charge in [0.2, 0.25) is 0 Å². The van der Waals surface area contributed by atoms with Crippen LogP contribution in [0, 0.1) is 5.92 Å². The summed E-state index contributed by atoms with van der Waals surface area (Å²) in [5.74, 6) is 0.274. The molecule has 0 fully saturated rings. The molecule has 78 valence electrons. The number of hydrogen-bond acceptors (Lipinski definition) is 3. The van der Waals surface area contributed by atoms with Crippen molar-refractivity contribution in [2.24, 2.45) is 5.92 Å². The third-order valence-electron chi connectivity index (χ3n) is 1.75. The second-order valence-electron chi connectivity index (χ2n) is 3.63. The number of nitrogens with one attached hydrogen (secondary N) is 1. The first-order valence-electron chi connectivity index (χ1n) is 4.61. The van der Waals surface area contributed by atoms with Gasteiger partial charge in [-0.15, -0.1) is 0 Å². The lowest BCUT2D eigenvalue weighted by molar-refractivity contribution is 0.0696. The number of carboxylic acids is 1. The van der Waals surface area contributed by atoms with Gasteiger partial charge in [-0.3, -0.25) is 0 Å². The first-order valence-corrected chi connectivity index (χ1v) is 4.61. The van der Waals surface area contributed by atoms with E-state index >= 15 is 0 Å². The average Bonchev–Trinajstić information content (AvgIpc) is 2.52. The summed E-state index contributed by atoms with van der Waals surface area (Å²) in [4.78, 5) is 10.5. The first-order chi connectivity index (χ1) is 6.59. The molecule has 0 bridgehead atoms. The zero-order valence-electron chi connectivity index (χ0n) is 8.41. The Morgan fingerprint density at radius 3 is 2.86 bits per heavy atom. The van der Waals surface area contributed by atoms with Gasteiger partial charge in [0, 0.05) is 0 Å². The predicted molar refractivity (Wildman–Crippen MR) is 52.2 cm³/mol. The summed E-state index contributed by atoms with van der Waals surface area (Å²) in [7, 11) is 0. The maximum absolute atomic E-state index is 10.5. The Hall–Kier alpha value is -1.29. The molecule has 14 heavy (non-hydrogen) atoms. The molecule has 4 nitrogen and oxygen atoms in total. The van der Waals surface area contributed by atoms with Crippen LogP contribution in [0.2, 0.25) is 0 Å². The largest absolute Gasteiger partial charge is 0.478 e. The molecule has 1 aromatic rings. The number of carbonyl (C=O) groups is 1. The summed E-state index contributed by atoms with van der Waals surface area (Å²) >= 11 is 0. The second kappa shape index (κ2) is 4.81. The van der Waals surface area contributed by atoms with Crippen LogP contribution in [-0.2, 0) is 6.54 Å². The minimum atomic E-state index is -0.955. The topological polar surface area (TPSA) is 62.5 Å². The molecular weight excluding hydrogens is 182 g/mol. The highest BCUT2D eigenvalue weighted by atomic mass is 16.4. The van der Waals surface area contributed by atoms with Crippen molar-refractivity contribution in [1.29, 1.82) is 0 Å². The lowest BCUT2D eigenvalue weighted by Gasteiger charge is -2.04. The molecule has 0 spiro atoms. The molecule has 0 radical (unpaired) electrons. The van der Waals surface area contributed by atoms with Crippen molar-refractivity contribution in [2.45, 2.75) is 20.4 Å².